The van der Waals surface area contributed by atoms with Crippen LogP contribution in [0.25, 0.3) is 0 Å². The number of hydrogen-bond acceptors (Lipinski definition) is 3. The summed E-state index contributed by atoms with van der Waals surface area (Å²) in [5.74, 6) is 5.38. The van der Waals surface area contributed by atoms with Crippen LogP contribution in [0.15, 0.2) is 18.2 Å². The van der Waals surface area contributed by atoms with Crippen LogP contribution in [0.3, 0.4) is 0 Å². The van der Waals surface area contributed by atoms with E-state index in [4.69, 9.17) is 10.6 Å². The first-order valence-corrected chi connectivity index (χ1v) is 6.25. The Kier molecular flexibility index (Phi) is 5.26. The molecular formula is C14H23FN2O. The van der Waals surface area contributed by atoms with Crippen LogP contribution < -0.4 is 11.3 Å². The van der Waals surface area contributed by atoms with Crippen molar-refractivity contribution in [2.75, 3.05) is 6.61 Å². The summed E-state index contributed by atoms with van der Waals surface area (Å²) < 4.78 is 19.0. The fourth-order valence-electron chi connectivity index (χ4n) is 2.06. The number of halogens is 1. The highest BCUT2D eigenvalue weighted by molar-refractivity contribution is 5.27. The zero-order chi connectivity index (χ0) is 13.8. The molecule has 18 heavy (non-hydrogen) atoms. The molecule has 0 aliphatic carbocycles. The molecule has 0 fully saturated rings. The zero-order valence-electron chi connectivity index (χ0n) is 11.6. The minimum Gasteiger partial charge on any atom is -0.374 e. The summed E-state index contributed by atoms with van der Waals surface area (Å²) >= 11 is 0. The molecule has 0 spiro atoms. The van der Waals surface area contributed by atoms with Crippen LogP contribution in [-0.2, 0) is 11.2 Å². The van der Waals surface area contributed by atoms with Crippen molar-refractivity contribution >= 4 is 0 Å². The highest BCUT2D eigenvalue weighted by atomic mass is 19.1. The first kappa shape index (κ1) is 15.1. The molecule has 0 bridgehead atoms. The number of hydrazine groups is 1. The molecule has 1 aromatic carbocycles. The van der Waals surface area contributed by atoms with Gasteiger partial charge < -0.3 is 4.74 Å². The van der Waals surface area contributed by atoms with Gasteiger partial charge in [0.15, 0.2) is 0 Å². The predicted molar refractivity (Wildman–Crippen MR) is 71.7 cm³/mol. The van der Waals surface area contributed by atoms with Crippen LogP contribution in [-0.4, -0.2) is 18.2 Å². The molecule has 0 heterocycles. The minimum atomic E-state index is -0.401. The molecule has 1 rings (SSSR count). The molecule has 3 N–H and O–H groups in total. The van der Waals surface area contributed by atoms with Crippen LogP contribution in [0.5, 0.6) is 0 Å². The Morgan fingerprint density at radius 3 is 2.67 bits per heavy atom. The minimum absolute atomic E-state index is 0.0713. The summed E-state index contributed by atoms with van der Waals surface area (Å²) in [6, 6.07) is 4.74. The molecule has 0 aromatic heterocycles. The second-order valence-corrected chi connectivity index (χ2v) is 5.03. The van der Waals surface area contributed by atoms with Gasteiger partial charge in [-0.05, 0) is 57.4 Å². The van der Waals surface area contributed by atoms with E-state index in [1.54, 1.807) is 12.1 Å². The van der Waals surface area contributed by atoms with Gasteiger partial charge in [0.25, 0.3) is 0 Å². The maximum absolute atomic E-state index is 13.3. The number of nitrogens with two attached hydrogens (primary N) is 1. The summed E-state index contributed by atoms with van der Waals surface area (Å²) in [6.07, 6.45) is 0.632. The number of ether oxygens (including phenoxy) is 1. The van der Waals surface area contributed by atoms with Gasteiger partial charge in [-0.1, -0.05) is 6.07 Å². The fourth-order valence-corrected chi connectivity index (χ4v) is 2.06. The second kappa shape index (κ2) is 6.27. The van der Waals surface area contributed by atoms with Crippen molar-refractivity contribution in [2.45, 2.75) is 45.8 Å². The molecule has 1 atom stereocenters. The Hall–Kier alpha value is -0.970. The smallest absolute Gasteiger partial charge is 0.123 e. The molecule has 1 aromatic rings. The van der Waals surface area contributed by atoms with Gasteiger partial charge in [0.2, 0.25) is 0 Å². The number of aryl methyl sites for hydroxylation is 1. The predicted octanol–water partition coefficient (Wildman–Crippen LogP) is 2.32. The Bertz CT molecular complexity index is 393. The molecule has 0 aliphatic heterocycles. The van der Waals surface area contributed by atoms with Crippen molar-refractivity contribution in [3.05, 3.63) is 35.1 Å². The number of rotatable bonds is 6. The fraction of sp³-hybridized carbons (Fsp3) is 0.571. The summed E-state index contributed by atoms with van der Waals surface area (Å²) in [4.78, 5) is 0. The molecule has 102 valence electrons. The van der Waals surface area contributed by atoms with E-state index >= 15 is 0 Å². The lowest BCUT2D eigenvalue weighted by atomic mass is 9.91. The summed E-state index contributed by atoms with van der Waals surface area (Å²) in [7, 11) is 0. The Balaban J connectivity index is 2.89. The highest BCUT2D eigenvalue weighted by Gasteiger charge is 2.29. The van der Waals surface area contributed by atoms with Gasteiger partial charge >= 0.3 is 0 Å². The van der Waals surface area contributed by atoms with Crippen LogP contribution in [0.2, 0.25) is 0 Å². The van der Waals surface area contributed by atoms with Gasteiger partial charge in [-0.2, -0.15) is 0 Å². The lowest BCUT2D eigenvalue weighted by molar-refractivity contribution is -0.0381. The van der Waals surface area contributed by atoms with Gasteiger partial charge in [0.1, 0.15) is 5.82 Å². The second-order valence-electron chi connectivity index (χ2n) is 5.03. The van der Waals surface area contributed by atoms with E-state index in [-0.39, 0.29) is 11.9 Å². The van der Waals surface area contributed by atoms with E-state index in [1.807, 2.05) is 27.7 Å². The van der Waals surface area contributed by atoms with Crippen LogP contribution in [0.1, 0.15) is 31.9 Å². The van der Waals surface area contributed by atoms with Crippen molar-refractivity contribution in [3.63, 3.8) is 0 Å². The molecule has 0 amide bonds. The maximum Gasteiger partial charge on any atom is 0.123 e. The molecule has 4 heteroatoms. The number of nitrogens with one attached hydrogen (secondary N) is 1. The SMILES string of the molecule is CCOC(C)(C)C(Cc1cc(F)ccc1C)NN. The third kappa shape index (κ3) is 3.77. The molecule has 0 aliphatic rings. The van der Waals surface area contributed by atoms with Crippen molar-refractivity contribution in [2.24, 2.45) is 5.84 Å². The lowest BCUT2D eigenvalue weighted by Gasteiger charge is -2.34. The largest absolute Gasteiger partial charge is 0.374 e. The number of hydrogen-bond donors (Lipinski definition) is 2. The van der Waals surface area contributed by atoms with E-state index < -0.39 is 5.60 Å². The molecular weight excluding hydrogens is 231 g/mol. The first-order valence-electron chi connectivity index (χ1n) is 6.25. The molecule has 0 saturated carbocycles. The Morgan fingerprint density at radius 2 is 2.11 bits per heavy atom. The van der Waals surface area contributed by atoms with Crippen molar-refractivity contribution in [1.29, 1.82) is 0 Å². The molecule has 3 nitrogen and oxygen atoms in total. The van der Waals surface area contributed by atoms with Gasteiger partial charge in [-0.3, -0.25) is 11.3 Å². The molecule has 0 radical (unpaired) electrons. The quantitative estimate of drug-likeness (QED) is 0.605. The van der Waals surface area contributed by atoms with Gasteiger partial charge in [0, 0.05) is 6.61 Å². The summed E-state index contributed by atoms with van der Waals surface area (Å²) in [5.41, 5.74) is 4.38. The van der Waals surface area contributed by atoms with Crippen LogP contribution in [0.4, 0.5) is 4.39 Å². The average Bonchev–Trinajstić information content (AvgIpc) is 2.29. The topological polar surface area (TPSA) is 47.3 Å². The van der Waals surface area contributed by atoms with Crippen molar-refractivity contribution in [3.8, 4) is 0 Å². The molecule has 1 unspecified atom stereocenters. The van der Waals surface area contributed by atoms with E-state index in [2.05, 4.69) is 5.43 Å². The van der Waals surface area contributed by atoms with E-state index in [9.17, 15) is 4.39 Å². The van der Waals surface area contributed by atoms with E-state index in [0.717, 1.165) is 11.1 Å². The van der Waals surface area contributed by atoms with Crippen LogP contribution in [0, 0.1) is 12.7 Å². The van der Waals surface area contributed by atoms with Gasteiger partial charge in [0.05, 0.1) is 11.6 Å². The van der Waals surface area contributed by atoms with Crippen molar-refractivity contribution in [1.82, 2.24) is 5.43 Å². The lowest BCUT2D eigenvalue weighted by Crippen LogP contribution is -2.52. The third-order valence-electron chi connectivity index (χ3n) is 3.29. The maximum atomic E-state index is 13.3. The monoisotopic (exact) mass is 254 g/mol. The molecule has 0 saturated heterocycles. The summed E-state index contributed by atoms with van der Waals surface area (Å²) in [5, 5.41) is 0. The first-order chi connectivity index (χ1) is 8.40. The Labute approximate surface area is 108 Å². The summed E-state index contributed by atoms with van der Waals surface area (Å²) in [6.45, 7) is 8.50. The van der Waals surface area contributed by atoms with E-state index in [0.29, 0.717) is 13.0 Å². The Morgan fingerprint density at radius 1 is 1.44 bits per heavy atom. The zero-order valence-corrected chi connectivity index (χ0v) is 11.6. The van der Waals surface area contributed by atoms with Crippen molar-refractivity contribution < 1.29 is 9.13 Å². The number of benzene rings is 1. The average molecular weight is 254 g/mol. The normalized spacial score (nSPS) is 13.7. The van der Waals surface area contributed by atoms with E-state index in [1.165, 1.54) is 6.07 Å². The van der Waals surface area contributed by atoms with Crippen LogP contribution >= 0.6 is 0 Å². The standard InChI is InChI=1S/C14H23FN2O/c1-5-18-14(3,4)13(17-16)9-11-8-12(15)7-6-10(11)2/h6-8,13,17H,5,9,16H2,1-4H3. The van der Waals surface area contributed by atoms with Gasteiger partial charge in [-0.25, -0.2) is 4.39 Å². The van der Waals surface area contributed by atoms with Gasteiger partial charge in [-0.15, -0.1) is 0 Å². The highest BCUT2D eigenvalue weighted by Crippen LogP contribution is 2.20. The third-order valence-corrected chi connectivity index (χ3v) is 3.29.